The Hall–Kier alpha value is -2.64. The number of hydrogen-bond donors (Lipinski definition) is 3. The minimum absolute atomic E-state index is 0.172. The van der Waals surface area contributed by atoms with Crippen LogP contribution in [-0.4, -0.2) is 53.1 Å². The molecule has 150 valence electrons. The van der Waals surface area contributed by atoms with Gasteiger partial charge in [-0.2, -0.15) is 0 Å². The van der Waals surface area contributed by atoms with E-state index >= 15 is 0 Å². The van der Waals surface area contributed by atoms with Crippen molar-refractivity contribution >= 4 is 5.91 Å². The average molecular weight is 386 g/mol. The predicted octanol–water partition coefficient (Wildman–Crippen LogP) is 1.25. The number of nitrogens with one attached hydrogen (secondary N) is 1. The number of aromatic nitrogens is 1. The van der Waals surface area contributed by atoms with Crippen LogP contribution in [0.4, 0.5) is 0 Å². The SMILES string of the molecule is COc1cccc(CC(=O)N[C@@H]2C[C@H](COc3cccc(C)n3)[C@@H](O)[C@H]2O)c1. The van der Waals surface area contributed by atoms with Crippen LogP contribution in [0.1, 0.15) is 17.7 Å². The third-order valence-corrected chi connectivity index (χ3v) is 4.96. The molecule has 4 atom stereocenters. The minimum Gasteiger partial charge on any atom is -0.497 e. The number of amides is 1. The van der Waals surface area contributed by atoms with E-state index in [1.807, 2.05) is 37.3 Å². The van der Waals surface area contributed by atoms with Crippen LogP contribution in [0.25, 0.3) is 0 Å². The summed E-state index contributed by atoms with van der Waals surface area (Å²) in [7, 11) is 1.57. The molecule has 7 heteroatoms. The van der Waals surface area contributed by atoms with Gasteiger partial charge in [-0.25, -0.2) is 4.98 Å². The lowest BCUT2D eigenvalue weighted by molar-refractivity contribution is -0.122. The number of hydrogen-bond acceptors (Lipinski definition) is 6. The van der Waals surface area contributed by atoms with Crippen LogP contribution in [-0.2, 0) is 11.2 Å². The number of aliphatic hydroxyl groups is 2. The van der Waals surface area contributed by atoms with E-state index in [1.54, 1.807) is 19.2 Å². The van der Waals surface area contributed by atoms with E-state index < -0.39 is 18.2 Å². The highest BCUT2D eigenvalue weighted by molar-refractivity contribution is 5.79. The molecule has 7 nitrogen and oxygen atoms in total. The molecule has 0 unspecified atom stereocenters. The first-order valence-corrected chi connectivity index (χ1v) is 9.31. The Balaban J connectivity index is 1.53. The molecule has 1 aliphatic rings. The van der Waals surface area contributed by atoms with Gasteiger partial charge >= 0.3 is 0 Å². The highest BCUT2D eigenvalue weighted by Crippen LogP contribution is 2.28. The van der Waals surface area contributed by atoms with Crippen LogP contribution in [0, 0.1) is 12.8 Å². The molecule has 1 aromatic heterocycles. The second-order valence-corrected chi connectivity index (χ2v) is 7.11. The lowest BCUT2D eigenvalue weighted by Crippen LogP contribution is -2.43. The van der Waals surface area contributed by atoms with Crippen LogP contribution >= 0.6 is 0 Å². The minimum atomic E-state index is -1.03. The Labute approximate surface area is 164 Å². The van der Waals surface area contributed by atoms with Gasteiger partial charge in [-0.05, 0) is 37.1 Å². The Morgan fingerprint density at radius 1 is 1.21 bits per heavy atom. The summed E-state index contributed by atoms with van der Waals surface area (Å²) in [5.74, 6) is 0.654. The lowest BCUT2D eigenvalue weighted by atomic mass is 10.1. The molecule has 0 saturated heterocycles. The van der Waals surface area contributed by atoms with Gasteiger partial charge in [-0.15, -0.1) is 0 Å². The van der Waals surface area contributed by atoms with Gasteiger partial charge in [-0.3, -0.25) is 4.79 Å². The summed E-state index contributed by atoms with van der Waals surface area (Å²) in [4.78, 5) is 16.6. The van der Waals surface area contributed by atoms with E-state index in [-0.39, 0.29) is 24.9 Å². The van der Waals surface area contributed by atoms with Crippen LogP contribution in [0.15, 0.2) is 42.5 Å². The molecule has 0 radical (unpaired) electrons. The molecule has 1 aromatic carbocycles. The zero-order valence-corrected chi connectivity index (χ0v) is 16.0. The van der Waals surface area contributed by atoms with Crippen molar-refractivity contribution in [3.8, 4) is 11.6 Å². The Bertz CT molecular complexity index is 813. The summed E-state index contributed by atoms with van der Waals surface area (Å²) in [6.07, 6.45) is -1.40. The summed E-state index contributed by atoms with van der Waals surface area (Å²) in [5, 5.41) is 23.4. The van der Waals surface area contributed by atoms with Crippen molar-refractivity contribution in [2.24, 2.45) is 5.92 Å². The Morgan fingerprint density at radius 2 is 2.00 bits per heavy atom. The molecule has 1 aliphatic carbocycles. The first-order valence-electron chi connectivity index (χ1n) is 9.31. The fourth-order valence-electron chi connectivity index (χ4n) is 3.45. The fourth-order valence-corrected chi connectivity index (χ4v) is 3.45. The van der Waals surface area contributed by atoms with E-state index in [0.29, 0.717) is 18.1 Å². The largest absolute Gasteiger partial charge is 0.497 e. The van der Waals surface area contributed by atoms with Crippen molar-refractivity contribution in [1.29, 1.82) is 0 Å². The number of carbonyl (C=O) groups is 1. The summed E-state index contributed by atoms with van der Waals surface area (Å²) in [5.41, 5.74) is 1.66. The van der Waals surface area contributed by atoms with Gasteiger partial charge in [0.15, 0.2) is 0 Å². The summed E-state index contributed by atoms with van der Waals surface area (Å²) < 4.78 is 10.8. The van der Waals surface area contributed by atoms with Gasteiger partial charge < -0.3 is 25.0 Å². The van der Waals surface area contributed by atoms with Gasteiger partial charge in [0.25, 0.3) is 0 Å². The zero-order chi connectivity index (χ0) is 20.1. The molecule has 2 aromatic rings. The zero-order valence-electron chi connectivity index (χ0n) is 16.0. The smallest absolute Gasteiger partial charge is 0.224 e. The number of benzene rings is 1. The first-order chi connectivity index (χ1) is 13.5. The molecule has 0 aliphatic heterocycles. The molecule has 0 spiro atoms. The standard InChI is InChI=1S/C21H26N2O5/c1-13-5-3-8-19(22-13)28-12-15-11-17(21(26)20(15)25)23-18(24)10-14-6-4-7-16(9-14)27-2/h3-9,15,17,20-21,25-26H,10-12H2,1-2H3,(H,23,24)/t15-,17-,20-,21+/m1/s1. The number of nitrogens with zero attached hydrogens (tertiary/aromatic N) is 1. The molecular formula is C21H26N2O5. The quantitative estimate of drug-likeness (QED) is 0.662. The third kappa shape index (κ3) is 4.99. The molecular weight excluding hydrogens is 360 g/mol. The number of ether oxygens (including phenoxy) is 2. The maximum Gasteiger partial charge on any atom is 0.224 e. The molecule has 28 heavy (non-hydrogen) atoms. The molecule has 3 N–H and O–H groups in total. The second kappa shape index (κ2) is 9.03. The number of methoxy groups -OCH3 is 1. The van der Waals surface area contributed by atoms with Crippen molar-refractivity contribution in [3.63, 3.8) is 0 Å². The fraction of sp³-hybridized carbons (Fsp3) is 0.429. The summed E-state index contributed by atoms with van der Waals surface area (Å²) in [6.45, 7) is 2.09. The van der Waals surface area contributed by atoms with E-state index in [2.05, 4.69) is 10.3 Å². The Kier molecular flexibility index (Phi) is 6.49. The number of aliphatic hydroxyl groups excluding tert-OH is 2. The van der Waals surface area contributed by atoms with E-state index in [9.17, 15) is 15.0 Å². The lowest BCUT2D eigenvalue weighted by Gasteiger charge is -2.18. The highest BCUT2D eigenvalue weighted by Gasteiger charge is 2.42. The highest BCUT2D eigenvalue weighted by atomic mass is 16.5. The van der Waals surface area contributed by atoms with Crippen molar-refractivity contribution in [3.05, 3.63) is 53.7 Å². The molecule has 1 heterocycles. The van der Waals surface area contributed by atoms with E-state index in [0.717, 1.165) is 11.3 Å². The summed E-state index contributed by atoms with van der Waals surface area (Å²) in [6, 6.07) is 12.2. The van der Waals surface area contributed by atoms with Gasteiger partial charge in [0.1, 0.15) is 11.9 Å². The molecule has 0 bridgehead atoms. The van der Waals surface area contributed by atoms with Crippen LogP contribution < -0.4 is 14.8 Å². The van der Waals surface area contributed by atoms with E-state index in [1.165, 1.54) is 0 Å². The molecule has 3 rings (SSSR count). The van der Waals surface area contributed by atoms with Crippen molar-refractivity contribution in [2.45, 2.75) is 38.0 Å². The average Bonchev–Trinajstić information content (AvgIpc) is 2.94. The van der Waals surface area contributed by atoms with Gasteiger partial charge in [0, 0.05) is 17.7 Å². The van der Waals surface area contributed by atoms with Crippen LogP contribution in [0.2, 0.25) is 0 Å². The second-order valence-electron chi connectivity index (χ2n) is 7.11. The maximum atomic E-state index is 12.4. The van der Waals surface area contributed by atoms with Gasteiger partial charge in [0.05, 0.1) is 32.3 Å². The first kappa shape index (κ1) is 20.1. The third-order valence-electron chi connectivity index (χ3n) is 4.96. The normalized spacial score (nSPS) is 24.0. The van der Waals surface area contributed by atoms with Crippen molar-refractivity contribution < 1.29 is 24.5 Å². The number of carbonyl (C=O) groups excluding carboxylic acids is 1. The number of rotatable bonds is 7. The monoisotopic (exact) mass is 386 g/mol. The van der Waals surface area contributed by atoms with Crippen LogP contribution in [0.3, 0.4) is 0 Å². The number of pyridine rings is 1. The van der Waals surface area contributed by atoms with Crippen molar-refractivity contribution in [1.82, 2.24) is 10.3 Å². The Morgan fingerprint density at radius 3 is 2.75 bits per heavy atom. The molecule has 1 saturated carbocycles. The predicted molar refractivity (Wildman–Crippen MR) is 103 cm³/mol. The maximum absolute atomic E-state index is 12.4. The van der Waals surface area contributed by atoms with Gasteiger partial charge in [0.2, 0.25) is 11.8 Å². The van der Waals surface area contributed by atoms with E-state index in [4.69, 9.17) is 9.47 Å². The molecule has 1 fully saturated rings. The number of aryl methyl sites for hydroxylation is 1. The topological polar surface area (TPSA) is 101 Å². The van der Waals surface area contributed by atoms with Crippen molar-refractivity contribution in [2.75, 3.05) is 13.7 Å². The summed E-state index contributed by atoms with van der Waals surface area (Å²) >= 11 is 0. The van der Waals surface area contributed by atoms with Gasteiger partial charge in [-0.1, -0.05) is 18.2 Å². The van der Waals surface area contributed by atoms with Crippen LogP contribution in [0.5, 0.6) is 11.6 Å². The molecule has 1 amide bonds.